The number of ether oxygens (including phenoxy) is 2. The quantitative estimate of drug-likeness (QED) is 0.432. The Morgan fingerprint density at radius 3 is 1.97 bits per heavy atom. The number of aryl methyl sites for hydroxylation is 1. The maximum atomic E-state index is 14.4. The molecule has 3 aliphatic carbocycles. The first-order valence-electron chi connectivity index (χ1n) is 11.7. The third kappa shape index (κ3) is 2.36. The van der Waals surface area contributed by atoms with Crippen molar-refractivity contribution in [2.45, 2.75) is 31.5 Å². The van der Waals surface area contributed by atoms with Crippen LogP contribution in [0, 0.1) is 25.7 Å². The van der Waals surface area contributed by atoms with E-state index in [2.05, 4.69) is 24.3 Å². The summed E-state index contributed by atoms with van der Waals surface area (Å²) in [6.45, 7) is 3.97. The molecule has 3 aromatic rings. The minimum atomic E-state index is -0.935. The summed E-state index contributed by atoms with van der Waals surface area (Å²) in [5, 5.41) is 0. The SMILES string of the molecule is COC(OC)C12c3ccccc3C(c3ccccc31)[C@@H]1C(=O)N(c3cccc(C)c3C)C(=O)[C@@H]12. The number of anilines is 1. The van der Waals surface area contributed by atoms with Crippen LogP contribution in [0.2, 0.25) is 0 Å². The van der Waals surface area contributed by atoms with Gasteiger partial charge in [-0.3, -0.25) is 9.59 Å². The molecule has 2 bridgehead atoms. The van der Waals surface area contributed by atoms with Crippen molar-refractivity contribution in [1.29, 1.82) is 0 Å². The molecule has 3 aromatic carbocycles. The molecule has 172 valence electrons. The molecule has 34 heavy (non-hydrogen) atoms. The van der Waals surface area contributed by atoms with Crippen LogP contribution in [-0.4, -0.2) is 32.3 Å². The van der Waals surface area contributed by atoms with Gasteiger partial charge in [0.1, 0.15) is 0 Å². The standard InChI is InChI=1S/C29H27NO4/c1-16-10-9-15-22(17(16)2)30-26(31)24-23-18-11-5-7-13-20(18)29(25(24)27(30)32,28(33-3)34-4)21-14-8-6-12-19(21)23/h5-15,23-25,28H,1-4H3/t23?,24-,25+,29?/m0/s1. The monoisotopic (exact) mass is 453 g/mol. The van der Waals surface area contributed by atoms with Gasteiger partial charge >= 0.3 is 0 Å². The van der Waals surface area contributed by atoms with Crippen molar-refractivity contribution in [1.82, 2.24) is 0 Å². The molecule has 4 aliphatic rings. The Morgan fingerprint density at radius 1 is 0.794 bits per heavy atom. The fourth-order valence-electron chi connectivity index (χ4n) is 6.91. The number of methoxy groups -OCH3 is 2. The molecule has 2 amide bonds. The van der Waals surface area contributed by atoms with Crippen LogP contribution in [0.4, 0.5) is 5.69 Å². The van der Waals surface area contributed by atoms with E-state index in [0.717, 1.165) is 33.4 Å². The van der Waals surface area contributed by atoms with Gasteiger partial charge in [-0.2, -0.15) is 0 Å². The summed E-state index contributed by atoms with van der Waals surface area (Å²) in [7, 11) is 3.21. The number of hydrogen-bond acceptors (Lipinski definition) is 4. The summed E-state index contributed by atoms with van der Waals surface area (Å²) in [5.74, 6) is -1.67. The van der Waals surface area contributed by atoms with E-state index < -0.39 is 23.5 Å². The molecule has 2 atom stereocenters. The molecule has 5 heteroatoms. The number of hydrogen-bond donors (Lipinski definition) is 0. The maximum absolute atomic E-state index is 14.4. The second kappa shape index (κ2) is 7.36. The second-order valence-corrected chi connectivity index (χ2v) is 9.56. The molecular formula is C29H27NO4. The van der Waals surface area contributed by atoms with Gasteiger partial charge in [-0.15, -0.1) is 0 Å². The zero-order valence-electron chi connectivity index (χ0n) is 19.7. The van der Waals surface area contributed by atoms with E-state index in [1.165, 1.54) is 4.90 Å². The van der Waals surface area contributed by atoms with Gasteiger partial charge < -0.3 is 9.47 Å². The van der Waals surface area contributed by atoms with Crippen LogP contribution in [0.5, 0.6) is 0 Å². The fraction of sp³-hybridized carbons (Fsp3) is 0.310. The maximum Gasteiger partial charge on any atom is 0.239 e. The smallest absolute Gasteiger partial charge is 0.239 e. The first kappa shape index (κ1) is 21.3. The van der Waals surface area contributed by atoms with Crippen LogP contribution < -0.4 is 4.90 Å². The van der Waals surface area contributed by atoms with Gasteiger partial charge in [0.2, 0.25) is 11.8 Å². The second-order valence-electron chi connectivity index (χ2n) is 9.56. The van der Waals surface area contributed by atoms with Gasteiger partial charge in [0.05, 0.1) is 22.9 Å². The molecule has 1 heterocycles. The van der Waals surface area contributed by atoms with Crippen molar-refractivity contribution in [2.24, 2.45) is 11.8 Å². The third-order valence-electron chi connectivity index (χ3n) is 8.30. The average Bonchev–Trinajstić information content (AvgIpc) is 3.13. The van der Waals surface area contributed by atoms with Crippen LogP contribution in [-0.2, 0) is 24.5 Å². The molecule has 1 saturated heterocycles. The van der Waals surface area contributed by atoms with Gasteiger partial charge in [0.15, 0.2) is 6.29 Å². The highest BCUT2D eigenvalue weighted by molar-refractivity contribution is 6.24. The van der Waals surface area contributed by atoms with Gasteiger partial charge in [0, 0.05) is 20.1 Å². The van der Waals surface area contributed by atoms with Crippen molar-refractivity contribution < 1.29 is 19.1 Å². The van der Waals surface area contributed by atoms with Crippen LogP contribution in [0.15, 0.2) is 66.7 Å². The van der Waals surface area contributed by atoms with E-state index >= 15 is 0 Å². The highest BCUT2D eigenvalue weighted by Gasteiger charge is 2.71. The van der Waals surface area contributed by atoms with E-state index in [4.69, 9.17) is 9.47 Å². The molecule has 5 nitrogen and oxygen atoms in total. The Bertz CT molecular complexity index is 1290. The van der Waals surface area contributed by atoms with E-state index in [0.29, 0.717) is 5.69 Å². The number of carbonyl (C=O) groups is 2. The highest BCUT2D eigenvalue weighted by atomic mass is 16.7. The zero-order valence-corrected chi connectivity index (χ0v) is 19.7. The molecule has 0 aromatic heterocycles. The Hall–Kier alpha value is -3.28. The highest BCUT2D eigenvalue weighted by Crippen LogP contribution is 2.65. The number of imide groups is 1. The number of benzene rings is 3. The molecule has 0 N–H and O–H groups in total. The van der Waals surface area contributed by atoms with Crippen molar-refractivity contribution in [3.05, 3.63) is 100 Å². The summed E-state index contributed by atoms with van der Waals surface area (Å²) in [5.41, 5.74) is 5.89. The normalized spacial score (nSPS) is 26.6. The summed E-state index contributed by atoms with van der Waals surface area (Å²) in [4.78, 5) is 30.0. The lowest BCUT2D eigenvalue weighted by atomic mass is 9.47. The molecule has 0 radical (unpaired) electrons. The Balaban J connectivity index is 1.68. The first-order chi connectivity index (χ1) is 16.5. The minimum absolute atomic E-state index is 0.145. The lowest BCUT2D eigenvalue weighted by Gasteiger charge is -2.56. The average molecular weight is 454 g/mol. The van der Waals surface area contributed by atoms with Crippen molar-refractivity contribution in [3.63, 3.8) is 0 Å². The van der Waals surface area contributed by atoms with E-state index in [-0.39, 0.29) is 17.7 Å². The Labute approximate surface area is 199 Å². The molecule has 1 aliphatic heterocycles. The van der Waals surface area contributed by atoms with Gasteiger partial charge in [-0.25, -0.2) is 4.90 Å². The lowest BCUT2D eigenvalue weighted by molar-refractivity contribution is -0.168. The topological polar surface area (TPSA) is 55.8 Å². The van der Waals surface area contributed by atoms with Crippen LogP contribution >= 0.6 is 0 Å². The predicted molar refractivity (Wildman–Crippen MR) is 129 cm³/mol. The minimum Gasteiger partial charge on any atom is -0.355 e. The van der Waals surface area contributed by atoms with Crippen molar-refractivity contribution >= 4 is 17.5 Å². The summed E-state index contributed by atoms with van der Waals surface area (Å²) < 4.78 is 11.9. The zero-order chi connectivity index (χ0) is 23.8. The molecule has 0 spiro atoms. The number of amides is 2. The van der Waals surface area contributed by atoms with E-state index in [1.807, 2.05) is 56.3 Å². The van der Waals surface area contributed by atoms with Crippen molar-refractivity contribution in [2.75, 3.05) is 19.1 Å². The van der Waals surface area contributed by atoms with Gasteiger partial charge in [0.25, 0.3) is 0 Å². The van der Waals surface area contributed by atoms with Gasteiger partial charge in [-0.1, -0.05) is 60.7 Å². The van der Waals surface area contributed by atoms with E-state index in [1.54, 1.807) is 14.2 Å². The molecule has 0 unspecified atom stereocenters. The van der Waals surface area contributed by atoms with E-state index in [9.17, 15) is 9.59 Å². The lowest BCUT2D eigenvalue weighted by Crippen LogP contribution is -2.60. The molecule has 0 saturated carbocycles. The fourth-order valence-corrected chi connectivity index (χ4v) is 6.91. The number of carbonyl (C=O) groups excluding carboxylic acids is 2. The Kier molecular flexibility index (Phi) is 4.60. The first-order valence-corrected chi connectivity index (χ1v) is 11.7. The van der Waals surface area contributed by atoms with Crippen LogP contribution in [0.25, 0.3) is 0 Å². The number of nitrogens with zero attached hydrogens (tertiary/aromatic N) is 1. The van der Waals surface area contributed by atoms with Crippen molar-refractivity contribution in [3.8, 4) is 0 Å². The largest absolute Gasteiger partial charge is 0.355 e. The number of rotatable bonds is 4. The Morgan fingerprint density at radius 2 is 1.38 bits per heavy atom. The molecule has 7 rings (SSSR count). The predicted octanol–water partition coefficient (Wildman–Crippen LogP) is 4.47. The molecular weight excluding hydrogens is 426 g/mol. The summed E-state index contributed by atoms with van der Waals surface area (Å²) in [6, 6.07) is 22.1. The third-order valence-corrected chi connectivity index (χ3v) is 8.30. The van der Waals surface area contributed by atoms with Gasteiger partial charge in [-0.05, 0) is 53.3 Å². The van der Waals surface area contributed by atoms with Crippen LogP contribution in [0.3, 0.4) is 0 Å². The summed E-state index contributed by atoms with van der Waals surface area (Å²) >= 11 is 0. The summed E-state index contributed by atoms with van der Waals surface area (Å²) in [6.07, 6.45) is -0.737. The van der Waals surface area contributed by atoms with Crippen LogP contribution in [0.1, 0.15) is 39.3 Å². The molecule has 1 fully saturated rings.